The Kier molecular flexibility index (Phi) is 4.85. The number of hydrogen-bond donors (Lipinski definition) is 3. The van der Waals surface area contributed by atoms with Crippen molar-refractivity contribution in [2.24, 2.45) is 5.92 Å². The summed E-state index contributed by atoms with van der Waals surface area (Å²) in [6.45, 7) is 5.01. The van der Waals surface area contributed by atoms with Crippen LogP contribution in [0.4, 0.5) is 10.7 Å². The maximum Gasteiger partial charge on any atom is 0.263 e. The number of thiophene rings is 1. The fourth-order valence-electron chi connectivity index (χ4n) is 2.37. The highest BCUT2D eigenvalue weighted by Crippen LogP contribution is 2.31. The van der Waals surface area contributed by atoms with Crippen LogP contribution in [0, 0.1) is 5.92 Å². The summed E-state index contributed by atoms with van der Waals surface area (Å²) in [7, 11) is 0. The van der Waals surface area contributed by atoms with Gasteiger partial charge in [-0.3, -0.25) is 4.79 Å². The molecule has 104 valence electrons. The van der Waals surface area contributed by atoms with Gasteiger partial charge < -0.3 is 16.4 Å². The first kappa shape index (κ1) is 13.9. The van der Waals surface area contributed by atoms with Crippen LogP contribution in [0.3, 0.4) is 0 Å². The van der Waals surface area contributed by atoms with E-state index in [0.29, 0.717) is 17.1 Å². The van der Waals surface area contributed by atoms with Crippen LogP contribution in [0.5, 0.6) is 0 Å². The van der Waals surface area contributed by atoms with Gasteiger partial charge in [-0.2, -0.15) is 0 Å². The van der Waals surface area contributed by atoms with Crippen LogP contribution in [0.15, 0.2) is 18.7 Å². The molecule has 5 heteroatoms. The number of carbonyl (C=O) groups excluding carboxylic acids is 1. The smallest absolute Gasteiger partial charge is 0.263 e. The Balaban J connectivity index is 1.91. The molecule has 19 heavy (non-hydrogen) atoms. The second-order valence-corrected chi connectivity index (χ2v) is 5.98. The van der Waals surface area contributed by atoms with Crippen molar-refractivity contribution < 1.29 is 4.79 Å². The van der Waals surface area contributed by atoms with E-state index >= 15 is 0 Å². The van der Waals surface area contributed by atoms with Crippen molar-refractivity contribution in [1.29, 1.82) is 0 Å². The van der Waals surface area contributed by atoms with Gasteiger partial charge in [0.15, 0.2) is 0 Å². The third kappa shape index (κ3) is 3.73. The van der Waals surface area contributed by atoms with Crippen LogP contribution < -0.4 is 16.4 Å². The Morgan fingerprint density at radius 1 is 1.53 bits per heavy atom. The Hall–Kier alpha value is -1.49. The highest BCUT2D eigenvalue weighted by atomic mass is 32.1. The minimum atomic E-state index is -0.128. The molecular weight excluding hydrogens is 258 g/mol. The highest BCUT2D eigenvalue weighted by Gasteiger charge is 2.17. The van der Waals surface area contributed by atoms with Gasteiger partial charge in [-0.1, -0.05) is 18.9 Å². The van der Waals surface area contributed by atoms with Gasteiger partial charge in [-0.05, 0) is 24.8 Å². The van der Waals surface area contributed by atoms with Crippen molar-refractivity contribution >= 4 is 27.9 Å². The summed E-state index contributed by atoms with van der Waals surface area (Å²) in [5.74, 6) is 0.637. The molecule has 0 aliphatic heterocycles. The molecule has 2 rings (SSSR count). The van der Waals surface area contributed by atoms with Crippen LogP contribution in [-0.4, -0.2) is 19.0 Å². The van der Waals surface area contributed by atoms with E-state index in [-0.39, 0.29) is 5.91 Å². The lowest BCUT2D eigenvalue weighted by Gasteiger charge is -2.09. The fraction of sp³-hybridized carbons (Fsp3) is 0.500. The molecule has 1 aliphatic rings. The van der Waals surface area contributed by atoms with E-state index in [1.165, 1.54) is 37.0 Å². The number of hydrogen-bond acceptors (Lipinski definition) is 4. The molecule has 1 aromatic rings. The lowest BCUT2D eigenvalue weighted by molar-refractivity contribution is 0.0963. The summed E-state index contributed by atoms with van der Waals surface area (Å²) in [5, 5.41) is 7.12. The van der Waals surface area contributed by atoms with E-state index in [1.807, 2.05) is 6.07 Å². The van der Waals surface area contributed by atoms with E-state index in [1.54, 1.807) is 6.08 Å². The normalized spacial score (nSPS) is 15.4. The molecule has 1 saturated carbocycles. The SMILES string of the molecule is C=CCNC(=O)c1sc(NCC2CCCC2)cc1N. The van der Waals surface area contributed by atoms with Gasteiger partial charge in [0.25, 0.3) is 5.91 Å². The molecule has 1 amide bonds. The number of rotatable bonds is 6. The number of nitrogens with one attached hydrogen (secondary N) is 2. The van der Waals surface area contributed by atoms with Gasteiger partial charge in [-0.15, -0.1) is 17.9 Å². The highest BCUT2D eigenvalue weighted by molar-refractivity contribution is 7.18. The van der Waals surface area contributed by atoms with Crippen LogP contribution in [0.2, 0.25) is 0 Å². The van der Waals surface area contributed by atoms with Crippen LogP contribution in [-0.2, 0) is 0 Å². The molecule has 1 fully saturated rings. The maximum atomic E-state index is 11.8. The second-order valence-electron chi connectivity index (χ2n) is 4.93. The molecule has 1 aliphatic carbocycles. The van der Waals surface area contributed by atoms with E-state index in [9.17, 15) is 4.79 Å². The van der Waals surface area contributed by atoms with Crippen LogP contribution >= 0.6 is 11.3 Å². The summed E-state index contributed by atoms with van der Waals surface area (Å²) in [6, 6.07) is 1.85. The molecule has 0 aromatic carbocycles. The number of carbonyl (C=O) groups is 1. The van der Waals surface area contributed by atoms with Crippen molar-refractivity contribution in [2.45, 2.75) is 25.7 Å². The summed E-state index contributed by atoms with van der Waals surface area (Å²) in [6.07, 6.45) is 6.95. The Morgan fingerprint density at radius 2 is 2.26 bits per heavy atom. The zero-order chi connectivity index (χ0) is 13.7. The van der Waals surface area contributed by atoms with Crippen molar-refractivity contribution in [3.8, 4) is 0 Å². The van der Waals surface area contributed by atoms with Crippen LogP contribution in [0.25, 0.3) is 0 Å². The number of amides is 1. The molecule has 0 bridgehead atoms. The van der Waals surface area contributed by atoms with E-state index in [0.717, 1.165) is 17.5 Å². The molecule has 4 N–H and O–H groups in total. The van der Waals surface area contributed by atoms with Crippen LogP contribution in [0.1, 0.15) is 35.4 Å². The lowest BCUT2D eigenvalue weighted by atomic mass is 10.1. The summed E-state index contributed by atoms with van der Waals surface area (Å²) in [4.78, 5) is 12.4. The second kappa shape index (κ2) is 6.61. The molecule has 0 unspecified atom stereocenters. The van der Waals surface area contributed by atoms with Gasteiger partial charge >= 0.3 is 0 Å². The molecule has 0 spiro atoms. The first-order valence-corrected chi connectivity index (χ1v) is 7.54. The molecule has 0 saturated heterocycles. The van der Waals surface area contributed by atoms with Crippen molar-refractivity contribution in [1.82, 2.24) is 5.32 Å². The van der Waals surface area contributed by atoms with Gasteiger partial charge in [0.05, 0.1) is 10.7 Å². The van der Waals surface area contributed by atoms with Gasteiger partial charge in [0.1, 0.15) is 4.88 Å². The fourth-order valence-corrected chi connectivity index (χ4v) is 3.28. The zero-order valence-corrected chi connectivity index (χ0v) is 11.9. The minimum Gasteiger partial charge on any atom is -0.397 e. The van der Waals surface area contributed by atoms with Gasteiger partial charge in [0, 0.05) is 13.1 Å². The topological polar surface area (TPSA) is 67.2 Å². The van der Waals surface area contributed by atoms with E-state index in [2.05, 4.69) is 17.2 Å². The molecule has 1 heterocycles. The Labute approximate surface area is 118 Å². The number of anilines is 2. The van der Waals surface area contributed by atoms with Gasteiger partial charge in [-0.25, -0.2) is 0 Å². The largest absolute Gasteiger partial charge is 0.397 e. The van der Waals surface area contributed by atoms with E-state index in [4.69, 9.17) is 5.73 Å². The summed E-state index contributed by atoms with van der Waals surface area (Å²) >= 11 is 1.42. The molecule has 0 atom stereocenters. The molecule has 0 radical (unpaired) electrons. The summed E-state index contributed by atoms with van der Waals surface area (Å²) in [5.41, 5.74) is 6.42. The predicted octanol–water partition coefficient (Wildman–Crippen LogP) is 2.85. The predicted molar refractivity (Wildman–Crippen MR) is 81.7 cm³/mol. The standard InChI is InChI=1S/C14H21N3OS/c1-2-7-16-14(18)13-11(15)8-12(19-13)17-9-10-5-3-4-6-10/h2,8,10,17H,1,3-7,9,15H2,(H,16,18). The molecule has 4 nitrogen and oxygen atoms in total. The summed E-state index contributed by atoms with van der Waals surface area (Å²) < 4.78 is 0. The van der Waals surface area contributed by atoms with Crippen molar-refractivity contribution in [3.05, 3.63) is 23.6 Å². The maximum absolute atomic E-state index is 11.8. The molecular formula is C14H21N3OS. The first-order chi connectivity index (χ1) is 9.20. The number of nitrogens with two attached hydrogens (primary N) is 1. The quantitative estimate of drug-likeness (QED) is 0.701. The zero-order valence-electron chi connectivity index (χ0n) is 11.1. The van der Waals surface area contributed by atoms with Crippen molar-refractivity contribution in [2.75, 3.05) is 24.1 Å². The van der Waals surface area contributed by atoms with Gasteiger partial charge in [0.2, 0.25) is 0 Å². The third-order valence-electron chi connectivity index (χ3n) is 3.41. The Bertz CT molecular complexity index is 450. The first-order valence-electron chi connectivity index (χ1n) is 6.73. The average molecular weight is 279 g/mol. The number of nitrogen functional groups attached to an aromatic ring is 1. The average Bonchev–Trinajstić information content (AvgIpc) is 3.02. The minimum absolute atomic E-state index is 0.128. The molecule has 1 aromatic heterocycles. The Morgan fingerprint density at radius 3 is 2.95 bits per heavy atom. The lowest BCUT2D eigenvalue weighted by Crippen LogP contribution is -2.22. The van der Waals surface area contributed by atoms with Crippen molar-refractivity contribution in [3.63, 3.8) is 0 Å². The monoisotopic (exact) mass is 279 g/mol. The van der Waals surface area contributed by atoms with E-state index < -0.39 is 0 Å². The third-order valence-corrected chi connectivity index (χ3v) is 4.52.